The van der Waals surface area contributed by atoms with E-state index < -0.39 is 30.0 Å². The first-order chi connectivity index (χ1) is 13.3. The van der Waals surface area contributed by atoms with E-state index in [2.05, 4.69) is 20.7 Å². The Hall–Kier alpha value is -3.14. The molecule has 0 radical (unpaired) electrons. The summed E-state index contributed by atoms with van der Waals surface area (Å²) in [5.74, 6) is -1.43. The number of hydrogen-bond acceptors (Lipinski definition) is 4. The molecule has 2 N–H and O–H groups in total. The number of anilines is 2. The normalized spacial score (nSPS) is 11.3. The predicted molar refractivity (Wildman–Crippen MR) is 94.9 cm³/mol. The maximum absolute atomic E-state index is 13.8. The average molecular weight is 414 g/mol. The summed E-state index contributed by atoms with van der Waals surface area (Å²) in [7, 11) is 0. The number of benzene rings is 2. The van der Waals surface area contributed by atoms with Gasteiger partial charge in [-0.25, -0.2) is 14.1 Å². The van der Waals surface area contributed by atoms with Gasteiger partial charge in [-0.3, -0.25) is 4.79 Å². The maximum Gasteiger partial charge on any atom is 0.416 e. The highest BCUT2D eigenvalue weighted by Crippen LogP contribution is 2.33. The van der Waals surface area contributed by atoms with E-state index in [1.54, 1.807) is 0 Å². The molecular weight excluding hydrogens is 402 g/mol. The molecule has 0 atom stereocenters. The summed E-state index contributed by atoms with van der Waals surface area (Å²) < 4.78 is 54.1. The van der Waals surface area contributed by atoms with Crippen molar-refractivity contribution in [2.75, 3.05) is 17.2 Å². The van der Waals surface area contributed by atoms with Crippen LogP contribution in [-0.2, 0) is 11.0 Å². The molecule has 146 valence electrons. The second kappa shape index (κ2) is 7.85. The number of nitrogens with one attached hydrogen (secondary N) is 2. The number of aromatic nitrogens is 3. The summed E-state index contributed by atoms with van der Waals surface area (Å²) >= 11 is 5.66. The summed E-state index contributed by atoms with van der Waals surface area (Å²) in [5, 5.41) is 8.64. The maximum atomic E-state index is 13.8. The molecule has 0 saturated carbocycles. The van der Waals surface area contributed by atoms with Crippen LogP contribution in [0.25, 0.3) is 5.69 Å². The Morgan fingerprint density at radius 2 is 1.96 bits per heavy atom. The number of amides is 1. The smallest absolute Gasteiger partial charge is 0.374 e. The van der Waals surface area contributed by atoms with Crippen molar-refractivity contribution < 1.29 is 22.4 Å². The molecule has 0 spiro atoms. The molecule has 0 aliphatic heterocycles. The molecule has 0 aliphatic rings. The van der Waals surface area contributed by atoms with Gasteiger partial charge in [0, 0.05) is 0 Å². The topological polar surface area (TPSA) is 71.8 Å². The second-order valence-electron chi connectivity index (χ2n) is 5.57. The molecule has 1 aromatic heterocycles. The molecule has 2 aromatic carbocycles. The van der Waals surface area contributed by atoms with E-state index in [1.807, 2.05) is 0 Å². The molecule has 1 heterocycles. The van der Waals surface area contributed by atoms with Crippen molar-refractivity contribution in [2.24, 2.45) is 0 Å². The zero-order valence-electron chi connectivity index (χ0n) is 14.0. The Kier molecular flexibility index (Phi) is 5.50. The van der Waals surface area contributed by atoms with E-state index in [0.717, 1.165) is 18.2 Å². The zero-order chi connectivity index (χ0) is 20.3. The number of hydrogen-bond donors (Lipinski definition) is 2. The van der Waals surface area contributed by atoms with Gasteiger partial charge in [0.1, 0.15) is 12.7 Å². The third-order valence-electron chi connectivity index (χ3n) is 3.65. The van der Waals surface area contributed by atoms with Gasteiger partial charge in [0.05, 0.1) is 34.2 Å². The van der Waals surface area contributed by atoms with Crippen LogP contribution in [0.4, 0.5) is 28.9 Å². The quantitative estimate of drug-likeness (QED) is 0.617. The van der Waals surface area contributed by atoms with Crippen LogP contribution in [0.1, 0.15) is 5.56 Å². The van der Waals surface area contributed by atoms with E-state index in [4.69, 9.17) is 11.6 Å². The molecule has 0 fully saturated rings. The van der Waals surface area contributed by atoms with Gasteiger partial charge in [0.25, 0.3) is 0 Å². The second-order valence-corrected chi connectivity index (χ2v) is 5.98. The van der Waals surface area contributed by atoms with Crippen LogP contribution in [0.3, 0.4) is 0 Å². The van der Waals surface area contributed by atoms with E-state index >= 15 is 0 Å². The largest absolute Gasteiger partial charge is 0.416 e. The van der Waals surface area contributed by atoms with Crippen LogP contribution >= 0.6 is 11.6 Å². The van der Waals surface area contributed by atoms with Crippen molar-refractivity contribution in [1.29, 1.82) is 0 Å². The Labute approximate surface area is 161 Å². The van der Waals surface area contributed by atoms with E-state index in [9.17, 15) is 22.4 Å². The Morgan fingerprint density at radius 1 is 1.18 bits per heavy atom. The number of halogens is 5. The average Bonchev–Trinajstić information content (AvgIpc) is 3.16. The Balaban J connectivity index is 1.81. The minimum Gasteiger partial charge on any atom is -0.374 e. The SMILES string of the molecule is O=C(CNc1cccc(Cl)c1F)Nc1cc(C(F)(F)F)ccc1-n1cncn1. The van der Waals surface area contributed by atoms with Gasteiger partial charge in [-0.05, 0) is 30.3 Å². The fraction of sp³-hybridized carbons (Fsp3) is 0.118. The van der Waals surface area contributed by atoms with Crippen LogP contribution in [0.15, 0.2) is 49.1 Å². The van der Waals surface area contributed by atoms with Crippen LogP contribution < -0.4 is 10.6 Å². The lowest BCUT2D eigenvalue weighted by atomic mass is 10.1. The molecule has 28 heavy (non-hydrogen) atoms. The van der Waals surface area contributed by atoms with Crippen LogP contribution in [0, 0.1) is 5.82 Å². The lowest BCUT2D eigenvalue weighted by molar-refractivity contribution is -0.137. The third kappa shape index (κ3) is 4.39. The molecule has 0 bridgehead atoms. The molecule has 0 saturated heterocycles. The van der Waals surface area contributed by atoms with Crippen molar-refractivity contribution in [1.82, 2.24) is 14.8 Å². The summed E-state index contributed by atoms with van der Waals surface area (Å²) in [4.78, 5) is 15.9. The fourth-order valence-corrected chi connectivity index (χ4v) is 2.53. The number of carbonyl (C=O) groups excluding carboxylic acids is 1. The standard InChI is InChI=1S/C17H12ClF4N5O/c18-11-2-1-3-12(16(11)19)24-7-15(28)26-13-6-10(17(20,21)22)4-5-14(13)27-9-23-8-25-27/h1-6,8-9,24H,7H2,(H,26,28). The molecule has 1 amide bonds. The van der Waals surface area contributed by atoms with Crippen molar-refractivity contribution in [2.45, 2.75) is 6.18 Å². The number of carbonyl (C=O) groups is 1. The van der Waals surface area contributed by atoms with E-state index in [1.165, 1.54) is 35.5 Å². The highest BCUT2D eigenvalue weighted by molar-refractivity contribution is 6.31. The first kappa shape index (κ1) is 19.6. The number of rotatable bonds is 5. The predicted octanol–water partition coefficient (Wildman–Crippen LogP) is 4.13. The molecule has 6 nitrogen and oxygen atoms in total. The minimum atomic E-state index is -4.59. The lowest BCUT2D eigenvalue weighted by Gasteiger charge is -2.15. The Morgan fingerprint density at radius 3 is 2.64 bits per heavy atom. The molecule has 3 aromatic rings. The monoisotopic (exact) mass is 413 g/mol. The number of alkyl halides is 3. The van der Waals surface area contributed by atoms with Gasteiger partial charge in [-0.15, -0.1) is 0 Å². The van der Waals surface area contributed by atoms with Gasteiger partial charge in [0.2, 0.25) is 5.91 Å². The molecule has 0 unspecified atom stereocenters. The lowest BCUT2D eigenvalue weighted by Crippen LogP contribution is -2.23. The van der Waals surface area contributed by atoms with Crippen molar-refractivity contribution >= 4 is 28.9 Å². The first-order valence-corrected chi connectivity index (χ1v) is 8.17. The molecule has 11 heteroatoms. The van der Waals surface area contributed by atoms with Gasteiger partial charge in [0.15, 0.2) is 5.82 Å². The summed E-state index contributed by atoms with van der Waals surface area (Å²) in [6, 6.07) is 7.02. The first-order valence-electron chi connectivity index (χ1n) is 7.79. The molecule has 3 rings (SSSR count). The zero-order valence-corrected chi connectivity index (χ0v) is 14.7. The van der Waals surface area contributed by atoms with Crippen molar-refractivity contribution in [3.63, 3.8) is 0 Å². The van der Waals surface area contributed by atoms with Crippen molar-refractivity contribution in [3.05, 3.63) is 65.5 Å². The van der Waals surface area contributed by atoms with Gasteiger partial charge in [-0.1, -0.05) is 17.7 Å². The fourth-order valence-electron chi connectivity index (χ4n) is 2.36. The Bertz CT molecular complexity index is 992. The highest BCUT2D eigenvalue weighted by Gasteiger charge is 2.31. The summed E-state index contributed by atoms with van der Waals surface area (Å²) in [6.45, 7) is -0.399. The minimum absolute atomic E-state index is 0.0109. The summed E-state index contributed by atoms with van der Waals surface area (Å²) in [5.41, 5.74) is -0.893. The molecular formula is C17H12ClF4N5O. The number of nitrogens with zero attached hydrogens (tertiary/aromatic N) is 3. The van der Waals surface area contributed by atoms with Crippen LogP contribution in [0.2, 0.25) is 5.02 Å². The van der Waals surface area contributed by atoms with Crippen LogP contribution in [-0.4, -0.2) is 27.2 Å². The third-order valence-corrected chi connectivity index (χ3v) is 3.95. The highest BCUT2D eigenvalue weighted by atomic mass is 35.5. The molecule has 0 aliphatic carbocycles. The van der Waals surface area contributed by atoms with Gasteiger partial charge in [-0.2, -0.15) is 18.3 Å². The summed E-state index contributed by atoms with van der Waals surface area (Å²) in [6.07, 6.45) is -2.12. The van der Waals surface area contributed by atoms with E-state index in [-0.39, 0.29) is 22.1 Å². The van der Waals surface area contributed by atoms with Crippen LogP contribution in [0.5, 0.6) is 0 Å². The van der Waals surface area contributed by atoms with Gasteiger partial charge < -0.3 is 10.6 Å². The van der Waals surface area contributed by atoms with Crippen molar-refractivity contribution in [3.8, 4) is 5.69 Å². The van der Waals surface area contributed by atoms with E-state index in [0.29, 0.717) is 0 Å². The van der Waals surface area contributed by atoms with Gasteiger partial charge >= 0.3 is 6.18 Å².